The Bertz CT molecular complexity index is 1400. The zero-order chi connectivity index (χ0) is 26.1. The summed E-state index contributed by atoms with van der Waals surface area (Å²) in [7, 11) is 2.71. The van der Waals surface area contributed by atoms with Gasteiger partial charge >= 0.3 is 5.97 Å². The Kier molecular flexibility index (Phi) is 8.66. The second kappa shape index (κ2) is 12.1. The summed E-state index contributed by atoms with van der Waals surface area (Å²) >= 11 is 6.42. The van der Waals surface area contributed by atoms with Gasteiger partial charge < -0.3 is 19.5 Å². The average Bonchev–Trinajstić information content (AvgIpc) is 2.90. The van der Waals surface area contributed by atoms with Crippen LogP contribution in [0.4, 0.5) is 5.69 Å². The summed E-state index contributed by atoms with van der Waals surface area (Å²) in [6, 6.07) is 20.1. The molecule has 0 aliphatic rings. The molecular weight excluding hydrogens is 482 g/mol. The SMILES string of the molecule is COC(=O)c1ccc(NC(=O)/C(C#N)=C/c2cc(Cl)c(OCc3ccccc3C#N)c(OC)c2)cc1. The van der Waals surface area contributed by atoms with Gasteiger partial charge in [-0.2, -0.15) is 10.5 Å². The Balaban J connectivity index is 1.80. The predicted octanol–water partition coefficient (Wildman–Crippen LogP) is 5.13. The van der Waals surface area contributed by atoms with Crippen LogP contribution in [0, 0.1) is 22.7 Å². The van der Waals surface area contributed by atoms with Gasteiger partial charge in [0.05, 0.1) is 36.4 Å². The molecule has 3 aromatic rings. The lowest BCUT2D eigenvalue weighted by atomic mass is 10.1. The molecule has 0 bridgehead atoms. The molecule has 0 aliphatic carbocycles. The van der Waals surface area contributed by atoms with Crippen LogP contribution >= 0.6 is 11.6 Å². The third-order valence-corrected chi connectivity index (χ3v) is 5.28. The van der Waals surface area contributed by atoms with Crippen molar-refractivity contribution in [3.05, 3.63) is 93.5 Å². The first-order chi connectivity index (χ1) is 17.4. The number of hydrogen-bond donors (Lipinski definition) is 1. The Hall–Kier alpha value is -4.79. The smallest absolute Gasteiger partial charge is 0.337 e. The van der Waals surface area contributed by atoms with E-state index in [-0.39, 0.29) is 23.0 Å². The minimum atomic E-state index is -0.646. The number of benzene rings is 3. The lowest BCUT2D eigenvalue weighted by Crippen LogP contribution is -2.13. The van der Waals surface area contributed by atoms with E-state index < -0.39 is 11.9 Å². The van der Waals surface area contributed by atoms with E-state index in [2.05, 4.69) is 16.1 Å². The number of amides is 1. The van der Waals surface area contributed by atoms with Crippen LogP contribution in [0.3, 0.4) is 0 Å². The number of hydrogen-bond acceptors (Lipinski definition) is 7. The van der Waals surface area contributed by atoms with Crippen LogP contribution in [0.5, 0.6) is 11.5 Å². The molecule has 3 aromatic carbocycles. The summed E-state index contributed by atoms with van der Waals surface area (Å²) in [6.45, 7) is 0.0929. The van der Waals surface area contributed by atoms with E-state index in [1.165, 1.54) is 50.6 Å². The quantitative estimate of drug-likeness (QED) is 0.258. The molecule has 0 saturated heterocycles. The number of anilines is 1. The van der Waals surface area contributed by atoms with Crippen LogP contribution in [0.25, 0.3) is 6.08 Å². The van der Waals surface area contributed by atoms with Crippen molar-refractivity contribution in [3.8, 4) is 23.6 Å². The molecule has 0 fully saturated rings. The molecule has 0 spiro atoms. The van der Waals surface area contributed by atoms with Gasteiger partial charge in [-0.1, -0.05) is 29.8 Å². The lowest BCUT2D eigenvalue weighted by Gasteiger charge is -2.14. The number of esters is 1. The number of ether oxygens (including phenoxy) is 3. The summed E-state index contributed by atoms with van der Waals surface area (Å²) in [4.78, 5) is 24.2. The van der Waals surface area contributed by atoms with Crippen LogP contribution < -0.4 is 14.8 Å². The standard InChI is InChI=1S/C27H20ClN3O5/c1-34-24-13-17(12-23(28)25(24)36-16-20-6-4-3-5-19(20)14-29)11-21(15-30)26(32)31-22-9-7-18(8-10-22)27(33)35-2/h3-13H,16H2,1-2H3,(H,31,32)/b21-11+. The molecule has 1 amide bonds. The Morgan fingerprint density at radius 3 is 2.42 bits per heavy atom. The van der Waals surface area contributed by atoms with Crippen LogP contribution in [-0.2, 0) is 16.1 Å². The molecule has 0 aromatic heterocycles. The first kappa shape index (κ1) is 25.8. The summed E-state index contributed by atoms with van der Waals surface area (Å²) in [6.07, 6.45) is 1.36. The van der Waals surface area contributed by atoms with E-state index in [0.717, 1.165) is 0 Å². The highest BCUT2D eigenvalue weighted by Crippen LogP contribution is 2.37. The monoisotopic (exact) mass is 501 g/mol. The number of carbonyl (C=O) groups excluding carboxylic acids is 2. The number of rotatable bonds is 8. The van der Waals surface area contributed by atoms with Crippen LogP contribution in [0.2, 0.25) is 5.02 Å². The summed E-state index contributed by atoms with van der Waals surface area (Å²) in [5.41, 5.74) is 2.15. The molecular formula is C27H20ClN3O5. The van der Waals surface area contributed by atoms with Gasteiger partial charge in [0.1, 0.15) is 18.2 Å². The average molecular weight is 502 g/mol. The number of nitriles is 2. The molecule has 36 heavy (non-hydrogen) atoms. The molecule has 0 saturated carbocycles. The highest BCUT2D eigenvalue weighted by Gasteiger charge is 2.15. The van der Waals surface area contributed by atoms with E-state index in [1.54, 1.807) is 30.3 Å². The van der Waals surface area contributed by atoms with Crippen molar-refractivity contribution in [2.75, 3.05) is 19.5 Å². The van der Waals surface area contributed by atoms with E-state index in [1.807, 2.05) is 6.07 Å². The minimum Gasteiger partial charge on any atom is -0.493 e. The highest BCUT2D eigenvalue weighted by molar-refractivity contribution is 6.32. The van der Waals surface area contributed by atoms with Gasteiger partial charge in [0.2, 0.25) is 0 Å². The maximum atomic E-state index is 12.6. The van der Waals surface area contributed by atoms with Crippen molar-refractivity contribution in [1.29, 1.82) is 10.5 Å². The third-order valence-electron chi connectivity index (χ3n) is 5.00. The lowest BCUT2D eigenvalue weighted by molar-refractivity contribution is -0.112. The van der Waals surface area contributed by atoms with E-state index in [0.29, 0.717) is 33.7 Å². The second-order valence-electron chi connectivity index (χ2n) is 7.28. The number of carbonyl (C=O) groups is 2. The van der Waals surface area contributed by atoms with Crippen molar-refractivity contribution in [2.45, 2.75) is 6.61 Å². The normalized spacial score (nSPS) is 10.5. The fraction of sp³-hybridized carbons (Fsp3) is 0.111. The number of halogens is 1. The zero-order valence-corrected chi connectivity index (χ0v) is 20.1. The largest absolute Gasteiger partial charge is 0.493 e. The highest BCUT2D eigenvalue weighted by atomic mass is 35.5. The number of nitrogens with one attached hydrogen (secondary N) is 1. The molecule has 9 heteroatoms. The summed E-state index contributed by atoms with van der Waals surface area (Å²) < 4.78 is 15.9. The van der Waals surface area contributed by atoms with Crippen molar-refractivity contribution < 1.29 is 23.8 Å². The molecule has 1 N–H and O–H groups in total. The molecule has 0 radical (unpaired) electrons. The van der Waals surface area contributed by atoms with Crippen LogP contribution in [0.1, 0.15) is 27.0 Å². The molecule has 0 heterocycles. The van der Waals surface area contributed by atoms with Gasteiger partial charge in [0.15, 0.2) is 11.5 Å². The van der Waals surface area contributed by atoms with Crippen molar-refractivity contribution in [3.63, 3.8) is 0 Å². The number of methoxy groups -OCH3 is 2. The van der Waals surface area contributed by atoms with Gasteiger partial charge in [-0.3, -0.25) is 4.79 Å². The molecule has 180 valence electrons. The van der Waals surface area contributed by atoms with E-state index in [9.17, 15) is 20.1 Å². The maximum absolute atomic E-state index is 12.6. The van der Waals surface area contributed by atoms with Crippen molar-refractivity contribution in [2.24, 2.45) is 0 Å². The second-order valence-corrected chi connectivity index (χ2v) is 7.69. The third kappa shape index (κ3) is 6.20. The molecule has 0 unspecified atom stereocenters. The number of nitrogens with zero attached hydrogens (tertiary/aromatic N) is 2. The van der Waals surface area contributed by atoms with Gasteiger partial charge in [-0.15, -0.1) is 0 Å². The summed E-state index contributed by atoms with van der Waals surface area (Å²) in [5.74, 6) is -0.596. The zero-order valence-electron chi connectivity index (χ0n) is 19.4. The van der Waals surface area contributed by atoms with Crippen molar-refractivity contribution in [1.82, 2.24) is 0 Å². The maximum Gasteiger partial charge on any atom is 0.337 e. The van der Waals surface area contributed by atoms with E-state index in [4.69, 9.17) is 21.1 Å². The first-order valence-corrected chi connectivity index (χ1v) is 10.9. The molecule has 0 atom stereocenters. The predicted molar refractivity (Wildman–Crippen MR) is 133 cm³/mol. The topological polar surface area (TPSA) is 121 Å². The van der Waals surface area contributed by atoms with Gasteiger partial charge in [0.25, 0.3) is 5.91 Å². The molecule has 0 aliphatic heterocycles. The first-order valence-electron chi connectivity index (χ1n) is 10.5. The Morgan fingerprint density at radius 2 is 1.78 bits per heavy atom. The van der Waals surface area contributed by atoms with E-state index >= 15 is 0 Å². The van der Waals surface area contributed by atoms with Gasteiger partial charge in [0, 0.05) is 11.3 Å². The fourth-order valence-electron chi connectivity index (χ4n) is 3.19. The summed E-state index contributed by atoms with van der Waals surface area (Å²) in [5, 5.41) is 21.6. The molecule has 3 rings (SSSR count). The van der Waals surface area contributed by atoms with Crippen LogP contribution in [0.15, 0.2) is 66.2 Å². The van der Waals surface area contributed by atoms with Gasteiger partial charge in [-0.05, 0) is 54.1 Å². The van der Waals surface area contributed by atoms with Crippen LogP contribution in [-0.4, -0.2) is 26.1 Å². The molecule has 8 nitrogen and oxygen atoms in total. The minimum absolute atomic E-state index is 0.0929. The Morgan fingerprint density at radius 1 is 1.06 bits per heavy atom. The fourth-order valence-corrected chi connectivity index (χ4v) is 3.46. The Labute approximate surface area is 212 Å². The van der Waals surface area contributed by atoms with Crippen molar-refractivity contribution >= 4 is 35.2 Å². The van der Waals surface area contributed by atoms with Gasteiger partial charge in [-0.25, -0.2) is 4.79 Å².